The molecule has 0 bridgehead atoms. The minimum atomic E-state index is -0.203. The molecule has 3 heterocycles. The normalized spacial score (nSPS) is 14.8. The predicted molar refractivity (Wildman–Crippen MR) is 140 cm³/mol. The molecule has 3 aromatic rings. The van der Waals surface area contributed by atoms with Gasteiger partial charge in [0.1, 0.15) is 5.52 Å². The molecule has 0 amide bonds. The summed E-state index contributed by atoms with van der Waals surface area (Å²) in [6, 6.07) is 6.06. The van der Waals surface area contributed by atoms with Crippen LogP contribution in [0.5, 0.6) is 0 Å². The highest BCUT2D eigenvalue weighted by Crippen LogP contribution is 2.23. The number of nitrogens with one attached hydrogen (secondary N) is 2. The lowest BCUT2D eigenvalue weighted by Gasteiger charge is -2.35. The van der Waals surface area contributed by atoms with E-state index in [1.165, 1.54) is 12.8 Å². The third-order valence-corrected chi connectivity index (χ3v) is 6.60. The zero-order valence-electron chi connectivity index (χ0n) is 18.6. The quantitative estimate of drug-likeness (QED) is 0.476. The summed E-state index contributed by atoms with van der Waals surface area (Å²) >= 11 is 12.0. The fraction of sp³-hybridized carbons (Fsp3) is 0.476. The first-order valence-corrected chi connectivity index (χ1v) is 11.2. The average Bonchev–Trinajstić information content (AvgIpc) is 3.17. The molecule has 1 fully saturated rings. The Morgan fingerprint density at radius 2 is 1.88 bits per heavy atom. The second-order valence-electron chi connectivity index (χ2n) is 8.15. The molecule has 0 radical (unpaired) electrons. The van der Waals surface area contributed by atoms with Gasteiger partial charge < -0.3 is 15.1 Å². The number of aromatic nitrogens is 4. The minimum absolute atomic E-state index is 0. The van der Waals surface area contributed by atoms with Crippen LogP contribution in [0, 0.1) is 0 Å². The van der Waals surface area contributed by atoms with Crippen molar-refractivity contribution in [3.8, 4) is 0 Å². The molecule has 1 saturated heterocycles. The van der Waals surface area contributed by atoms with Gasteiger partial charge in [-0.2, -0.15) is 5.10 Å². The lowest BCUT2D eigenvalue weighted by Crippen LogP contribution is -2.43. The van der Waals surface area contributed by atoms with Crippen molar-refractivity contribution in [3.05, 3.63) is 50.4 Å². The number of hydrogen-bond acceptors (Lipinski definition) is 6. The molecule has 8 nitrogen and oxygen atoms in total. The van der Waals surface area contributed by atoms with Gasteiger partial charge in [-0.1, -0.05) is 29.3 Å². The van der Waals surface area contributed by atoms with Crippen LogP contribution in [0.1, 0.15) is 18.4 Å². The standard InChI is InChI=1S/C21H27Cl2N7O.2ClH/c1-28(2)15-5-7-29(8-6-15)9-10-30-19-18(13-25-30)26-21(27-20(19)31)24-12-14-3-4-16(22)17(23)11-14;;/h3-4,11,13,15H,5-10,12H2,1-2H3,(H2,24,26,27,31);2*1H. The second-order valence-corrected chi connectivity index (χ2v) is 8.97. The molecule has 182 valence electrons. The molecule has 0 unspecified atom stereocenters. The molecular weight excluding hydrogens is 508 g/mol. The zero-order chi connectivity index (χ0) is 22.0. The van der Waals surface area contributed by atoms with Crippen molar-refractivity contribution in [1.29, 1.82) is 0 Å². The van der Waals surface area contributed by atoms with Gasteiger partial charge in [0.25, 0.3) is 5.56 Å². The van der Waals surface area contributed by atoms with Gasteiger partial charge >= 0.3 is 0 Å². The number of H-pyrrole nitrogens is 1. The first-order chi connectivity index (χ1) is 14.9. The van der Waals surface area contributed by atoms with E-state index < -0.39 is 0 Å². The number of halogens is 4. The molecule has 0 saturated carbocycles. The highest BCUT2D eigenvalue weighted by molar-refractivity contribution is 6.42. The zero-order valence-corrected chi connectivity index (χ0v) is 21.7. The predicted octanol–water partition coefficient (Wildman–Crippen LogP) is 3.91. The highest BCUT2D eigenvalue weighted by atomic mass is 35.5. The second kappa shape index (κ2) is 12.2. The van der Waals surface area contributed by atoms with Gasteiger partial charge in [0.15, 0.2) is 5.52 Å². The number of hydrogen-bond donors (Lipinski definition) is 2. The van der Waals surface area contributed by atoms with Gasteiger partial charge in [-0.25, -0.2) is 4.98 Å². The van der Waals surface area contributed by atoms with Crippen molar-refractivity contribution in [2.75, 3.05) is 39.0 Å². The lowest BCUT2D eigenvalue weighted by molar-refractivity contribution is 0.141. The van der Waals surface area contributed by atoms with Crippen molar-refractivity contribution in [3.63, 3.8) is 0 Å². The number of nitrogens with zero attached hydrogens (tertiary/aromatic N) is 5. The molecule has 4 rings (SSSR count). The first-order valence-electron chi connectivity index (χ1n) is 10.4. The monoisotopic (exact) mass is 535 g/mol. The summed E-state index contributed by atoms with van der Waals surface area (Å²) in [6.07, 6.45) is 3.99. The Labute approximate surface area is 215 Å². The summed E-state index contributed by atoms with van der Waals surface area (Å²) in [5, 5.41) is 8.53. The van der Waals surface area contributed by atoms with Crippen LogP contribution in [-0.4, -0.2) is 69.3 Å². The Bertz CT molecular complexity index is 1110. The Hall–Kier alpha value is -1.55. The summed E-state index contributed by atoms with van der Waals surface area (Å²) in [5.74, 6) is 0.397. The van der Waals surface area contributed by atoms with Crippen molar-refractivity contribution in [2.45, 2.75) is 32.0 Å². The van der Waals surface area contributed by atoms with E-state index in [0.29, 0.717) is 46.2 Å². The van der Waals surface area contributed by atoms with Crippen LogP contribution in [0.4, 0.5) is 5.95 Å². The molecule has 0 spiro atoms. The van der Waals surface area contributed by atoms with Crippen molar-refractivity contribution in [1.82, 2.24) is 29.5 Å². The number of rotatable bonds is 7. The van der Waals surface area contributed by atoms with E-state index in [1.54, 1.807) is 23.0 Å². The van der Waals surface area contributed by atoms with Crippen molar-refractivity contribution >= 4 is 65.0 Å². The summed E-state index contributed by atoms with van der Waals surface area (Å²) in [6.45, 7) is 4.13. The molecule has 1 aromatic carbocycles. The summed E-state index contributed by atoms with van der Waals surface area (Å²) in [7, 11) is 4.28. The minimum Gasteiger partial charge on any atom is -0.352 e. The van der Waals surface area contributed by atoms with Crippen LogP contribution >= 0.6 is 48.0 Å². The maximum Gasteiger partial charge on any atom is 0.278 e. The number of anilines is 1. The Balaban J connectivity index is 0.00000193. The fourth-order valence-corrected chi connectivity index (χ4v) is 4.31. The van der Waals surface area contributed by atoms with E-state index in [0.717, 1.165) is 25.2 Å². The van der Waals surface area contributed by atoms with Crippen molar-refractivity contribution in [2.24, 2.45) is 0 Å². The topological polar surface area (TPSA) is 82.1 Å². The van der Waals surface area contributed by atoms with E-state index in [4.69, 9.17) is 23.2 Å². The molecule has 2 N–H and O–H groups in total. The molecule has 12 heteroatoms. The van der Waals surface area contributed by atoms with Gasteiger partial charge in [-0.15, -0.1) is 24.8 Å². The molecule has 0 atom stereocenters. The van der Waals surface area contributed by atoms with E-state index in [1.807, 2.05) is 6.07 Å². The number of piperidine rings is 1. The molecule has 1 aliphatic heterocycles. The van der Waals surface area contributed by atoms with Crippen LogP contribution in [0.3, 0.4) is 0 Å². The molecule has 33 heavy (non-hydrogen) atoms. The van der Waals surface area contributed by atoms with Gasteiger partial charge in [0, 0.05) is 19.1 Å². The highest BCUT2D eigenvalue weighted by Gasteiger charge is 2.20. The van der Waals surface area contributed by atoms with Gasteiger partial charge in [0.2, 0.25) is 5.95 Å². The average molecular weight is 537 g/mol. The molecule has 0 aliphatic carbocycles. The lowest BCUT2D eigenvalue weighted by atomic mass is 10.0. The summed E-state index contributed by atoms with van der Waals surface area (Å²) < 4.78 is 1.75. The number of fused-ring (bicyclic) bond motifs is 1. The van der Waals surface area contributed by atoms with Crippen LogP contribution in [0.25, 0.3) is 11.0 Å². The maximum atomic E-state index is 12.7. The maximum absolute atomic E-state index is 12.7. The number of benzene rings is 1. The molecule has 1 aliphatic rings. The van der Waals surface area contributed by atoms with Crippen molar-refractivity contribution < 1.29 is 0 Å². The largest absolute Gasteiger partial charge is 0.352 e. The Kier molecular flexibility index (Phi) is 10.3. The van der Waals surface area contributed by atoms with E-state index in [-0.39, 0.29) is 30.4 Å². The summed E-state index contributed by atoms with van der Waals surface area (Å²) in [4.78, 5) is 24.8. The van der Waals surface area contributed by atoms with E-state index >= 15 is 0 Å². The third-order valence-electron chi connectivity index (χ3n) is 5.86. The molecular formula is C21H29Cl4N7O. The molecule has 2 aromatic heterocycles. The van der Waals surface area contributed by atoms with E-state index in [9.17, 15) is 4.79 Å². The smallest absolute Gasteiger partial charge is 0.278 e. The Morgan fingerprint density at radius 3 is 2.55 bits per heavy atom. The fourth-order valence-electron chi connectivity index (χ4n) is 3.99. The first kappa shape index (κ1) is 27.7. The van der Waals surface area contributed by atoms with E-state index in [2.05, 4.69) is 44.3 Å². The SMILES string of the molecule is CN(C)C1CCN(CCn2ncc3nc(NCc4ccc(Cl)c(Cl)c4)[nH]c(=O)c32)CC1.Cl.Cl. The summed E-state index contributed by atoms with van der Waals surface area (Å²) in [5.41, 5.74) is 1.81. The van der Waals surface area contributed by atoms with Crippen LogP contribution < -0.4 is 10.9 Å². The van der Waals surface area contributed by atoms with Gasteiger partial charge in [0.05, 0.1) is 22.8 Å². The van der Waals surface area contributed by atoms with Crippen LogP contribution in [0.2, 0.25) is 10.0 Å². The number of likely N-dealkylation sites (tertiary alicyclic amines) is 1. The Morgan fingerprint density at radius 1 is 1.15 bits per heavy atom. The third kappa shape index (κ3) is 6.74. The van der Waals surface area contributed by atoms with Crippen LogP contribution in [-0.2, 0) is 13.1 Å². The number of aromatic amines is 1. The van der Waals surface area contributed by atoms with Gasteiger partial charge in [-0.3, -0.25) is 14.5 Å². The van der Waals surface area contributed by atoms with Gasteiger partial charge in [-0.05, 0) is 57.7 Å². The van der Waals surface area contributed by atoms with Crippen LogP contribution in [0.15, 0.2) is 29.2 Å².